The predicted octanol–water partition coefficient (Wildman–Crippen LogP) is 3.84. The van der Waals surface area contributed by atoms with Crippen LogP contribution in [-0.4, -0.2) is 25.3 Å². The number of anilines is 1. The van der Waals surface area contributed by atoms with E-state index in [2.05, 4.69) is 77.9 Å². The van der Waals surface area contributed by atoms with E-state index in [-0.39, 0.29) is 6.04 Å². The third kappa shape index (κ3) is 3.37. The van der Waals surface area contributed by atoms with Gasteiger partial charge in [0.05, 0.1) is 6.04 Å². The first-order valence-corrected chi connectivity index (χ1v) is 8.50. The minimum atomic E-state index is 0.178. The normalized spacial score (nSPS) is 14.0. The van der Waals surface area contributed by atoms with Crippen LogP contribution in [0.5, 0.6) is 0 Å². The van der Waals surface area contributed by atoms with Gasteiger partial charge in [0.1, 0.15) is 5.82 Å². The van der Waals surface area contributed by atoms with Crippen molar-refractivity contribution in [2.45, 2.75) is 46.1 Å². The van der Waals surface area contributed by atoms with E-state index in [4.69, 9.17) is 0 Å². The molecule has 3 rings (SSSR count). The molecule has 0 saturated heterocycles. The first kappa shape index (κ1) is 16.4. The van der Waals surface area contributed by atoms with Crippen molar-refractivity contribution in [1.82, 2.24) is 25.3 Å². The number of nitrogens with zero attached hydrogens (tertiary/aromatic N) is 5. The molecule has 0 aliphatic rings. The first-order chi connectivity index (χ1) is 11.6. The molecule has 2 atom stereocenters. The summed E-state index contributed by atoms with van der Waals surface area (Å²) < 4.78 is 1.44. The quantitative estimate of drug-likeness (QED) is 0.746. The highest BCUT2D eigenvalue weighted by atomic mass is 15.6. The molecule has 2 heterocycles. The van der Waals surface area contributed by atoms with Crippen LogP contribution in [0.4, 0.5) is 5.82 Å². The molecule has 2 unspecified atom stereocenters. The van der Waals surface area contributed by atoms with E-state index in [0.29, 0.717) is 17.5 Å². The number of aromatic nitrogens is 5. The average molecular weight is 324 g/mol. The molecule has 0 radical (unpaired) electrons. The fraction of sp³-hybridized carbons (Fsp3) is 0.444. The topological polar surface area (TPSA) is 68.0 Å². The fourth-order valence-electron chi connectivity index (χ4n) is 2.79. The Morgan fingerprint density at radius 2 is 1.71 bits per heavy atom. The molecule has 24 heavy (non-hydrogen) atoms. The molecule has 0 spiro atoms. The van der Waals surface area contributed by atoms with Crippen LogP contribution >= 0.6 is 0 Å². The molecule has 0 aliphatic carbocycles. The van der Waals surface area contributed by atoms with Gasteiger partial charge in [-0.15, -0.1) is 14.8 Å². The van der Waals surface area contributed by atoms with Crippen molar-refractivity contribution in [1.29, 1.82) is 0 Å². The third-order valence-electron chi connectivity index (χ3n) is 4.52. The average Bonchev–Trinajstić information content (AvgIpc) is 3.06. The zero-order valence-electron chi connectivity index (χ0n) is 14.6. The molecule has 126 valence electrons. The van der Waals surface area contributed by atoms with Gasteiger partial charge in [-0.25, -0.2) is 0 Å². The van der Waals surface area contributed by atoms with Gasteiger partial charge in [0.2, 0.25) is 0 Å². The summed E-state index contributed by atoms with van der Waals surface area (Å²) in [6.07, 6.45) is 1.15. The fourth-order valence-corrected chi connectivity index (χ4v) is 2.79. The standard InChI is InChI=1S/C18H24N6/c1-5-13(4)14-6-8-15(9-7-14)18(12(2)3)19-16-10-11-17-20-22-23-24(17)21-16/h6-13,18H,5H2,1-4H3,(H,19,21). The van der Waals surface area contributed by atoms with Crippen LogP contribution in [0.3, 0.4) is 0 Å². The molecule has 6 nitrogen and oxygen atoms in total. The first-order valence-electron chi connectivity index (χ1n) is 8.50. The van der Waals surface area contributed by atoms with E-state index in [1.54, 1.807) is 0 Å². The predicted molar refractivity (Wildman–Crippen MR) is 94.9 cm³/mol. The van der Waals surface area contributed by atoms with Gasteiger partial charge in [0, 0.05) is 0 Å². The highest BCUT2D eigenvalue weighted by Crippen LogP contribution is 2.28. The van der Waals surface area contributed by atoms with Gasteiger partial charge >= 0.3 is 0 Å². The van der Waals surface area contributed by atoms with Crippen molar-refractivity contribution in [2.75, 3.05) is 5.32 Å². The zero-order chi connectivity index (χ0) is 17.1. The maximum absolute atomic E-state index is 4.41. The molecule has 6 heteroatoms. The number of rotatable bonds is 6. The van der Waals surface area contributed by atoms with Crippen LogP contribution in [0.25, 0.3) is 5.65 Å². The Kier molecular flexibility index (Phi) is 4.74. The third-order valence-corrected chi connectivity index (χ3v) is 4.52. The summed E-state index contributed by atoms with van der Waals surface area (Å²) >= 11 is 0. The van der Waals surface area contributed by atoms with E-state index in [1.807, 2.05) is 12.1 Å². The second kappa shape index (κ2) is 6.95. The number of hydrogen-bond donors (Lipinski definition) is 1. The molecule has 0 aliphatic heterocycles. The van der Waals surface area contributed by atoms with Gasteiger partial charge < -0.3 is 5.32 Å². The lowest BCUT2D eigenvalue weighted by atomic mass is 9.92. The van der Waals surface area contributed by atoms with Crippen LogP contribution < -0.4 is 5.32 Å². The lowest BCUT2D eigenvalue weighted by Gasteiger charge is -2.24. The van der Waals surface area contributed by atoms with Crippen molar-refractivity contribution in [3.05, 3.63) is 47.5 Å². The monoisotopic (exact) mass is 324 g/mol. The van der Waals surface area contributed by atoms with Crippen LogP contribution in [0, 0.1) is 5.92 Å². The van der Waals surface area contributed by atoms with Gasteiger partial charge in [-0.3, -0.25) is 0 Å². The maximum atomic E-state index is 4.41. The number of benzene rings is 1. The van der Waals surface area contributed by atoms with Crippen molar-refractivity contribution >= 4 is 11.5 Å². The van der Waals surface area contributed by atoms with Gasteiger partial charge in [-0.2, -0.15) is 0 Å². The van der Waals surface area contributed by atoms with Gasteiger partial charge in [-0.05, 0) is 51.9 Å². The summed E-state index contributed by atoms with van der Waals surface area (Å²) in [4.78, 5) is 0. The summed E-state index contributed by atoms with van der Waals surface area (Å²) in [6.45, 7) is 8.89. The smallest absolute Gasteiger partial charge is 0.200 e. The molecular formula is C18H24N6. The number of tetrazole rings is 1. The minimum absolute atomic E-state index is 0.178. The van der Waals surface area contributed by atoms with Gasteiger partial charge in [0.15, 0.2) is 5.65 Å². The van der Waals surface area contributed by atoms with Gasteiger partial charge in [0.25, 0.3) is 0 Å². The number of nitrogens with one attached hydrogen (secondary N) is 1. The van der Waals surface area contributed by atoms with E-state index in [1.165, 1.54) is 15.8 Å². The Balaban J connectivity index is 1.83. The maximum Gasteiger partial charge on any atom is 0.200 e. The van der Waals surface area contributed by atoms with E-state index in [0.717, 1.165) is 12.2 Å². The largest absolute Gasteiger partial charge is 0.362 e. The summed E-state index contributed by atoms with van der Waals surface area (Å²) in [6, 6.07) is 12.9. The lowest BCUT2D eigenvalue weighted by Crippen LogP contribution is -2.18. The molecule has 2 aromatic heterocycles. The van der Waals surface area contributed by atoms with Crippen LogP contribution in [0.1, 0.15) is 57.2 Å². The molecule has 0 saturated carbocycles. The highest BCUT2D eigenvalue weighted by Gasteiger charge is 2.17. The van der Waals surface area contributed by atoms with Gasteiger partial charge in [-0.1, -0.05) is 52.0 Å². The van der Waals surface area contributed by atoms with Crippen LogP contribution in [-0.2, 0) is 0 Å². The van der Waals surface area contributed by atoms with Crippen LogP contribution in [0.2, 0.25) is 0 Å². The van der Waals surface area contributed by atoms with E-state index < -0.39 is 0 Å². The molecule has 3 aromatic rings. The summed E-state index contributed by atoms with van der Waals surface area (Å²) in [7, 11) is 0. The Bertz CT molecular complexity index is 793. The second-order valence-corrected chi connectivity index (χ2v) is 6.59. The second-order valence-electron chi connectivity index (χ2n) is 6.59. The molecule has 0 fully saturated rings. The van der Waals surface area contributed by atoms with Crippen molar-refractivity contribution in [2.24, 2.45) is 5.92 Å². The Labute approximate surface area is 142 Å². The van der Waals surface area contributed by atoms with Crippen molar-refractivity contribution in [3.63, 3.8) is 0 Å². The minimum Gasteiger partial charge on any atom is -0.362 e. The highest BCUT2D eigenvalue weighted by molar-refractivity contribution is 5.44. The Hall–Kier alpha value is -2.50. The van der Waals surface area contributed by atoms with Crippen molar-refractivity contribution in [3.8, 4) is 0 Å². The SMILES string of the molecule is CCC(C)c1ccc(C(Nc2ccc3nnnn3n2)C(C)C)cc1. The Morgan fingerprint density at radius 1 is 1.00 bits per heavy atom. The van der Waals surface area contributed by atoms with Crippen molar-refractivity contribution < 1.29 is 0 Å². The lowest BCUT2D eigenvalue weighted by molar-refractivity contribution is 0.542. The molecule has 1 aromatic carbocycles. The number of fused-ring (bicyclic) bond motifs is 1. The van der Waals surface area contributed by atoms with Crippen LogP contribution in [0.15, 0.2) is 36.4 Å². The molecular weight excluding hydrogens is 300 g/mol. The summed E-state index contributed by atoms with van der Waals surface area (Å²) in [5.41, 5.74) is 3.28. The molecule has 0 amide bonds. The molecule has 0 bridgehead atoms. The molecule has 1 N–H and O–H groups in total. The number of hydrogen-bond acceptors (Lipinski definition) is 5. The summed E-state index contributed by atoms with van der Waals surface area (Å²) in [5, 5.41) is 19.3. The summed E-state index contributed by atoms with van der Waals surface area (Å²) in [5.74, 6) is 1.78. The van der Waals surface area contributed by atoms with E-state index >= 15 is 0 Å². The van der Waals surface area contributed by atoms with E-state index in [9.17, 15) is 0 Å². The zero-order valence-corrected chi connectivity index (χ0v) is 14.6. The Morgan fingerprint density at radius 3 is 2.38 bits per heavy atom.